The number of nitrogens with two attached hydrogens (primary N) is 1. The molecule has 0 aliphatic carbocycles. The zero-order valence-electron chi connectivity index (χ0n) is 10.7. The Bertz CT molecular complexity index is 483. The van der Waals surface area contributed by atoms with Gasteiger partial charge in [-0.1, -0.05) is 13.3 Å². The number of unbranched alkanes of at least 4 members (excludes halogenated alkanes) is 1. The van der Waals surface area contributed by atoms with Gasteiger partial charge in [0.25, 0.3) is 0 Å². The summed E-state index contributed by atoms with van der Waals surface area (Å²) in [5, 5.41) is 12.8. The van der Waals surface area contributed by atoms with Crippen LogP contribution in [0.4, 0.5) is 5.82 Å². The summed E-state index contributed by atoms with van der Waals surface area (Å²) >= 11 is 0. The minimum atomic E-state index is -3.68. The van der Waals surface area contributed by atoms with Crippen LogP contribution in [-0.2, 0) is 17.1 Å². The summed E-state index contributed by atoms with van der Waals surface area (Å²) in [5.74, 6) is -0.0167. The van der Waals surface area contributed by atoms with Gasteiger partial charge < -0.3 is 10.8 Å². The Morgan fingerprint density at radius 3 is 2.61 bits per heavy atom. The van der Waals surface area contributed by atoms with E-state index in [2.05, 4.69) is 5.10 Å². The lowest BCUT2D eigenvalue weighted by atomic mass is 10.3. The average molecular weight is 276 g/mol. The number of aliphatic hydroxyl groups is 1. The maximum Gasteiger partial charge on any atom is 0.248 e. The van der Waals surface area contributed by atoms with Gasteiger partial charge >= 0.3 is 0 Å². The Labute approximate surface area is 107 Å². The molecule has 1 aromatic heterocycles. The van der Waals surface area contributed by atoms with Crippen molar-refractivity contribution in [2.45, 2.75) is 24.7 Å². The van der Waals surface area contributed by atoms with Crippen LogP contribution >= 0.6 is 0 Å². The van der Waals surface area contributed by atoms with Crippen LogP contribution in [-0.4, -0.2) is 47.3 Å². The van der Waals surface area contributed by atoms with Crippen molar-refractivity contribution >= 4 is 15.8 Å². The highest BCUT2D eigenvalue weighted by atomic mass is 32.2. The van der Waals surface area contributed by atoms with Crippen molar-refractivity contribution in [3.05, 3.63) is 6.20 Å². The molecule has 0 bridgehead atoms. The fourth-order valence-corrected chi connectivity index (χ4v) is 3.18. The number of anilines is 1. The third-order valence-corrected chi connectivity index (χ3v) is 4.47. The van der Waals surface area contributed by atoms with Crippen LogP contribution in [0.3, 0.4) is 0 Å². The van der Waals surface area contributed by atoms with Crippen molar-refractivity contribution in [1.82, 2.24) is 14.1 Å². The number of nitrogen functional groups attached to an aromatic ring is 1. The Morgan fingerprint density at radius 1 is 1.50 bits per heavy atom. The molecule has 1 rings (SSSR count). The minimum absolute atomic E-state index is 0.00504. The van der Waals surface area contributed by atoms with Gasteiger partial charge in [0, 0.05) is 26.3 Å². The summed E-state index contributed by atoms with van der Waals surface area (Å²) in [6.07, 6.45) is 2.99. The molecule has 104 valence electrons. The zero-order chi connectivity index (χ0) is 13.8. The quantitative estimate of drug-likeness (QED) is 0.717. The Morgan fingerprint density at radius 2 is 2.17 bits per heavy atom. The smallest absolute Gasteiger partial charge is 0.248 e. The maximum absolute atomic E-state index is 12.3. The van der Waals surface area contributed by atoms with Crippen LogP contribution in [0.25, 0.3) is 0 Å². The van der Waals surface area contributed by atoms with Gasteiger partial charge in [-0.15, -0.1) is 0 Å². The van der Waals surface area contributed by atoms with Gasteiger partial charge in [0.1, 0.15) is 4.90 Å². The Kier molecular flexibility index (Phi) is 5.12. The van der Waals surface area contributed by atoms with Crippen molar-refractivity contribution in [2.24, 2.45) is 7.05 Å². The van der Waals surface area contributed by atoms with Gasteiger partial charge in [-0.2, -0.15) is 9.40 Å². The van der Waals surface area contributed by atoms with Crippen molar-refractivity contribution in [1.29, 1.82) is 0 Å². The van der Waals surface area contributed by atoms with Gasteiger partial charge in [-0.05, 0) is 6.42 Å². The first-order chi connectivity index (χ1) is 8.43. The standard InChI is InChI=1S/C10H20N4O3S/c1-3-4-5-14(6-7-15)18(16,17)9-8-13(2)12-10(9)11/h8,15H,3-7H2,1-2H3,(H2,11,12). The van der Waals surface area contributed by atoms with Crippen LogP contribution in [0.2, 0.25) is 0 Å². The van der Waals surface area contributed by atoms with Crippen LogP contribution in [0.1, 0.15) is 19.8 Å². The summed E-state index contributed by atoms with van der Waals surface area (Å²) in [6, 6.07) is 0. The fourth-order valence-electron chi connectivity index (χ4n) is 1.62. The summed E-state index contributed by atoms with van der Waals surface area (Å²) in [6.45, 7) is 2.19. The molecule has 18 heavy (non-hydrogen) atoms. The monoisotopic (exact) mass is 276 g/mol. The molecule has 0 amide bonds. The number of aromatic nitrogens is 2. The predicted molar refractivity (Wildman–Crippen MR) is 68.4 cm³/mol. The van der Waals surface area contributed by atoms with E-state index in [0.29, 0.717) is 6.54 Å². The summed E-state index contributed by atoms with van der Waals surface area (Å²) in [4.78, 5) is -0.00504. The van der Waals surface area contributed by atoms with Gasteiger partial charge in [0.15, 0.2) is 5.82 Å². The first-order valence-electron chi connectivity index (χ1n) is 5.83. The van der Waals surface area contributed by atoms with Crippen LogP contribution in [0.5, 0.6) is 0 Å². The second-order valence-electron chi connectivity index (χ2n) is 4.03. The van der Waals surface area contributed by atoms with Crippen LogP contribution < -0.4 is 5.73 Å². The molecule has 0 aliphatic rings. The van der Waals surface area contributed by atoms with Crippen molar-refractivity contribution in [2.75, 3.05) is 25.4 Å². The van der Waals surface area contributed by atoms with E-state index in [0.717, 1.165) is 12.8 Å². The summed E-state index contributed by atoms with van der Waals surface area (Å²) in [7, 11) is -2.07. The van der Waals surface area contributed by atoms with Crippen molar-refractivity contribution in [3.8, 4) is 0 Å². The van der Waals surface area contributed by atoms with E-state index in [4.69, 9.17) is 10.8 Å². The molecular formula is C10H20N4O3S. The van der Waals surface area contributed by atoms with Crippen LogP contribution in [0.15, 0.2) is 11.1 Å². The van der Waals surface area contributed by atoms with E-state index >= 15 is 0 Å². The number of aliphatic hydroxyl groups excluding tert-OH is 1. The normalized spacial score (nSPS) is 12.2. The van der Waals surface area contributed by atoms with E-state index in [1.807, 2.05) is 6.92 Å². The molecule has 0 atom stereocenters. The van der Waals surface area contributed by atoms with Gasteiger partial charge in [0.05, 0.1) is 6.61 Å². The van der Waals surface area contributed by atoms with Gasteiger partial charge in [-0.3, -0.25) is 4.68 Å². The number of hydrogen-bond donors (Lipinski definition) is 2. The molecule has 0 unspecified atom stereocenters. The van der Waals surface area contributed by atoms with Crippen molar-refractivity contribution in [3.63, 3.8) is 0 Å². The highest BCUT2D eigenvalue weighted by Crippen LogP contribution is 2.20. The summed E-state index contributed by atoms with van der Waals surface area (Å²) < 4.78 is 27.3. The Balaban J connectivity index is 3.04. The third kappa shape index (κ3) is 3.21. The Hall–Kier alpha value is -1.12. The third-order valence-electron chi connectivity index (χ3n) is 2.55. The molecule has 0 saturated carbocycles. The second kappa shape index (κ2) is 6.17. The molecule has 3 N–H and O–H groups in total. The van der Waals surface area contributed by atoms with E-state index in [9.17, 15) is 8.42 Å². The van der Waals surface area contributed by atoms with Gasteiger partial charge in [0.2, 0.25) is 10.0 Å². The molecule has 0 radical (unpaired) electrons. The predicted octanol–water partition coefficient (Wildman–Crippen LogP) is -0.215. The minimum Gasteiger partial charge on any atom is -0.395 e. The topological polar surface area (TPSA) is 101 Å². The molecule has 1 aromatic rings. The number of sulfonamides is 1. The molecule has 0 fully saturated rings. The van der Waals surface area contributed by atoms with E-state index in [1.165, 1.54) is 15.2 Å². The van der Waals surface area contributed by atoms with Gasteiger partial charge in [-0.25, -0.2) is 8.42 Å². The number of aryl methyl sites for hydroxylation is 1. The largest absolute Gasteiger partial charge is 0.395 e. The fraction of sp³-hybridized carbons (Fsp3) is 0.700. The SMILES string of the molecule is CCCCN(CCO)S(=O)(=O)c1cn(C)nc1N. The average Bonchev–Trinajstić information content (AvgIpc) is 2.64. The lowest BCUT2D eigenvalue weighted by molar-refractivity contribution is 0.252. The molecule has 0 aromatic carbocycles. The van der Waals surface area contributed by atoms with Crippen LogP contribution in [0, 0.1) is 0 Å². The lowest BCUT2D eigenvalue weighted by Crippen LogP contribution is -2.34. The first-order valence-corrected chi connectivity index (χ1v) is 7.27. The van der Waals surface area contributed by atoms with E-state index in [-0.39, 0.29) is 23.9 Å². The highest BCUT2D eigenvalue weighted by molar-refractivity contribution is 7.89. The maximum atomic E-state index is 12.3. The van der Waals surface area contributed by atoms with Crippen molar-refractivity contribution < 1.29 is 13.5 Å². The number of hydrogen-bond acceptors (Lipinski definition) is 5. The molecule has 7 nitrogen and oxygen atoms in total. The summed E-state index contributed by atoms with van der Waals surface area (Å²) in [5.41, 5.74) is 5.59. The second-order valence-corrected chi connectivity index (χ2v) is 5.94. The number of rotatable bonds is 7. The van der Waals surface area contributed by atoms with E-state index in [1.54, 1.807) is 7.05 Å². The lowest BCUT2D eigenvalue weighted by Gasteiger charge is -2.20. The van der Waals surface area contributed by atoms with E-state index < -0.39 is 10.0 Å². The molecule has 0 aliphatic heterocycles. The molecule has 0 spiro atoms. The molecule has 0 saturated heterocycles. The molecule has 8 heteroatoms. The first kappa shape index (κ1) is 14.9. The zero-order valence-corrected chi connectivity index (χ0v) is 11.5. The highest BCUT2D eigenvalue weighted by Gasteiger charge is 2.27. The number of nitrogens with zero attached hydrogens (tertiary/aromatic N) is 3. The molecule has 1 heterocycles. The molecular weight excluding hydrogens is 256 g/mol.